The van der Waals surface area contributed by atoms with Crippen molar-refractivity contribution in [1.82, 2.24) is 0 Å². The number of aliphatic hydroxyl groups excluding tert-OH is 1. The molecule has 0 amide bonds. The molecule has 1 spiro atoms. The molecule has 0 aromatic rings. The Bertz CT molecular complexity index is 814. The largest absolute Gasteiger partial charge is 0.388 e. The summed E-state index contributed by atoms with van der Waals surface area (Å²) in [7, 11) is 0. The van der Waals surface area contributed by atoms with Crippen LogP contribution in [0, 0.1) is 28.6 Å². The van der Waals surface area contributed by atoms with Gasteiger partial charge >= 0.3 is 0 Å². The summed E-state index contributed by atoms with van der Waals surface area (Å²) in [4.78, 5) is 24.6. The number of ketones is 2. The van der Waals surface area contributed by atoms with Gasteiger partial charge in [0.1, 0.15) is 17.8 Å². The molecule has 27 heavy (non-hydrogen) atoms. The van der Waals surface area contributed by atoms with Crippen LogP contribution in [0.2, 0.25) is 0 Å². The summed E-state index contributed by atoms with van der Waals surface area (Å²) in [5.41, 5.74) is -1.59. The van der Waals surface area contributed by atoms with Crippen LogP contribution < -0.4 is 0 Å². The van der Waals surface area contributed by atoms with Crippen molar-refractivity contribution < 1.29 is 24.5 Å². The second kappa shape index (κ2) is 5.00. The number of hydrogen-bond donors (Lipinski definition) is 2. The highest BCUT2D eigenvalue weighted by Gasteiger charge is 2.81. The second-order valence-electron chi connectivity index (χ2n) is 9.90. The highest BCUT2D eigenvalue weighted by atomic mass is 16.6. The van der Waals surface area contributed by atoms with Crippen molar-refractivity contribution in [1.29, 1.82) is 0 Å². The molecule has 5 heteroatoms. The summed E-state index contributed by atoms with van der Waals surface area (Å²) in [5, 5.41) is 21.0. The lowest BCUT2D eigenvalue weighted by Crippen LogP contribution is -2.62. The van der Waals surface area contributed by atoms with Crippen molar-refractivity contribution in [2.45, 2.75) is 63.8 Å². The van der Waals surface area contributed by atoms with Crippen LogP contribution in [0.5, 0.6) is 0 Å². The molecule has 3 fully saturated rings. The third-order valence-corrected chi connectivity index (χ3v) is 9.05. The van der Waals surface area contributed by atoms with E-state index in [-0.39, 0.29) is 40.7 Å². The van der Waals surface area contributed by atoms with Gasteiger partial charge in [0, 0.05) is 23.2 Å². The monoisotopic (exact) mass is 372 g/mol. The van der Waals surface area contributed by atoms with Gasteiger partial charge in [-0.05, 0) is 42.7 Å². The summed E-state index contributed by atoms with van der Waals surface area (Å²) in [5.74, 6) is -0.272. The first-order chi connectivity index (χ1) is 12.6. The number of Topliss-reactive ketones (excluding diaryl/α,β-unsaturated/α-hetero) is 1. The summed E-state index contributed by atoms with van der Waals surface area (Å²) in [6, 6.07) is 0. The number of carbonyl (C=O) groups excluding carboxylic acids is 2. The molecule has 5 rings (SSSR count). The quantitative estimate of drug-likeness (QED) is 0.724. The standard InChI is InChI=1S/C22H28O5/c1-12-8-16-15-5-4-13-9-14(24)6-7-19(13,2)22(15)18(27-22)10-20(16,3)21(12,26)17(25)11-23/h4-5,9,12,15-16,18,23,26H,6-8,10-11H2,1-3H3/t12-,15-,16-,18-,19-,20-,21-,22+/m0/s1. The van der Waals surface area contributed by atoms with Gasteiger partial charge in [-0.3, -0.25) is 9.59 Å². The minimum atomic E-state index is -1.52. The van der Waals surface area contributed by atoms with Crippen molar-refractivity contribution >= 4 is 11.6 Å². The SMILES string of the molecule is C[C@H]1C[C@H]2[C@@H]3C=CC4=CC(=O)CC[C@]4(C)[C@@]34O[C@H]4C[C@]2(C)[C@@]1(O)C(=O)CO. The fourth-order valence-corrected chi connectivity index (χ4v) is 7.51. The molecule has 1 aliphatic heterocycles. The molecule has 0 aromatic carbocycles. The van der Waals surface area contributed by atoms with E-state index >= 15 is 0 Å². The normalized spacial score (nSPS) is 55.1. The van der Waals surface area contributed by atoms with Crippen LogP contribution >= 0.6 is 0 Å². The van der Waals surface area contributed by atoms with Gasteiger partial charge in [-0.2, -0.15) is 0 Å². The predicted octanol–water partition coefficient (Wildman–Crippen LogP) is 1.96. The van der Waals surface area contributed by atoms with E-state index in [1.54, 1.807) is 6.08 Å². The highest BCUT2D eigenvalue weighted by molar-refractivity contribution is 5.92. The van der Waals surface area contributed by atoms with Crippen LogP contribution in [0.25, 0.3) is 0 Å². The number of ether oxygens (including phenoxy) is 1. The zero-order valence-corrected chi connectivity index (χ0v) is 16.2. The van der Waals surface area contributed by atoms with Gasteiger partial charge in [0.2, 0.25) is 0 Å². The smallest absolute Gasteiger partial charge is 0.190 e. The van der Waals surface area contributed by atoms with E-state index in [1.165, 1.54) is 0 Å². The molecule has 0 aromatic heterocycles. The zero-order chi connectivity index (χ0) is 19.4. The molecule has 0 bridgehead atoms. The van der Waals surface area contributed by atoms with Crippen LogP contribution in [0.3, 0.4) is 0 Å². The van der Waals surface area contributed by atoms with Crippen molar-refractivity contribution in [3.05, 3.63) is 23.8 Å². The molecule has 2 N–H and O–H groups in total. The Morgan fingerprint density at radius 2 is 2.11 bits per heavy atom. The topological polar surface area (TPSA) is 87.1 Å². The number of aliphatic hydroxyl groups is 2. The maximum atomic E-state index is 12.6. The number of allylic oxidation sites excluding steroid dienone is 2. The van der Waals surface area contributed by atoms with Crippen molar-refractivity contribution in [3.8, 4) is 0 Å². The van der Waals surface area contributed by atoms with E-state index in [2.05, 4.69) is 19.1 Å². The average Bonchev–Trinajstić information content (AvgIpc) is 3.31. The predicted molar refractivity (Wildman–Crippen MR) is 97.7 cm³/mol. The Balaban J connectivity index is 1.63. The summed E-state index contributed by atoms with van der Waals surface area (Å²) < 4.78 is 6.43. The lowest BCUT2D eigenvalue weighted by atomic mass is 9.47. The first-order valence-electron chi connectivity index (χ1n) is 10.1. The molecule has 5 aliphatic rings. The minimum absolute atomic E-state index is 0.0291. The van der Waals surface area contributed by atoms with Gasteiger partial charge in [0.25, 0.3) is 0 Å². The summed E-state index contributed by atoms with van der Waals surface area (Å²) >= 11 is 0. The van der Waals surface area contributed by atoms with Crippen LogP contribution in [0.4, 0.5) is 0 Å². The van der Waals surface area contributed by atoms with E-state index in [0.29, 0.717) is 12.8 Å². The first kappa shape index (κ1) is 17.8. The van der Waals surface area contributed by atoms with Gasteiger partial charge < -0.3 is 14.9 Å². The van der Waals surface area contributed by atoms with E-state index in [4.69, 9.17) is 4.74 Å². The van der Waals surface area contributed by atoms with Crippen molar-refractivity contribution in [3.63, 3.8) is 0 Å². The van der Waals surface area contributed by atoms with Crippen molar-refractivity contribution in [2.75, 3.05) is 6.61 Å². The molecular weight excluding hydrogens is 344 g/mol. The van der Waals surface area contributed by atoms with E-state index in [9.17, 15) is 19.8 Å². The molecular formula is C22H28O5. The molecule has 0 unspecified atom stereocenters. The fourth-order valence-electron chi connectivity index (χ4n) is 7.51. The summed E-state index contributed by atoms with van der Waals surface area (Å²) in [6.07, 6.45) is 8.67. The Morgan fingerprint density at radius 1 is 1.37 bits per heavy atom. The minimum Gasteiger partial charge on any atom is -0.388 e. The Morgan fingerprint density at radius 3 is 2.81 bits per heavy atom. The molecule has 146 valence electrons. The van der Waals surface area contributed by atoms with E-state index in [1.807, 2.05) is 13.8 Å². The van der Waals surface area contributed by atoms with Crippen LogP contribution in [0.1, 0.15) is 46.5 Å². The molecule has 4 aliphatic carbocycles. The number of fused-ring (bicyclic) bond motifs is 3. The number of rotatable bonds is 2. The first-order valence-corrected chi connectivity index (χ1v) is 10.1. The van der Waals surface area contributed by atoms with E-state index in [0.717, 1.165) is 18.4 Å². The molecule has 2 saturated carbocycles. The third-order valence-electron chi connectivity index (χ3n) is 9.05. The van der Waals surface area contributed by atoms with Gasteiger partial charge in [-0.1, -0.05) is 32.9 Å². The second-order valence-corrected chi connectivity index (χ2v) is 9.90. The highest BCUT2D eigenvalue weighted by Crippen LogP contribution is 2.75. The Labute approximate surface area is 159 Å². The third kappa shape index (κ3) is 1.73. The lowest BCUT2D eigenvalue weighted by Gasteiger charge is -2.54. The maximum absolute atomic E-state index is 12.6. The van der Waals surface area contributed by atoms with Crippen LogP contribution in [-0.2, 0) is 14.3 Å². The van der Waals surface area contributed by atoms with Crippen LogP contribution in [-0.4, -0.2) is 45.7 Å². The van der Waals surface area contributed by atoms with Crippen molar-refractivity contribution in [2.24, 2.45) is 28.6 Å². The molecule has 1 saturated heterocycles. The number of carbonyl (C=O) groups is 2. The van der Waals surface area contributed by atoms with Gasteiger partial charge in [0.05, 0.1) is 6.10 Å². The Hall–Kier alpha value is -1.30. The maximum Gasteiger partial charge on any atom is 0.190 e. The molecule has 0 radical (unpaired) electrons. The van der Waals surface area contributed by atoms with Gasteiger partial charge in [-0.15, -0.1) is 0 Å². The summed E-state index contributed by atoms with van der Waals surface area (Å²) in [6.45, 7) is 5.52. The lowest BCUT2D eigenvalue weighted by molar-refractivity contribution is -0.164. The number of hydrogen-bond acceptors (Lipinski definition) is 5. The zero-order valence-electron chi connectivity index (χ0n) is 16.2. The van der Waals surface area contributed by atoms with Gasteiger partial charge in [-0.25, -0.2) is 0 Å². The van der Waals surface area contributed by atoms with Crippen LogP contribution in [0.15, 0.2) is 23.8 Å². The van der Waals surface area contributed by atoms with E-state index < -0.39 is 23.4 Å². The fraction of sp³-hybridized carbons (Fsp3) is 0.727. The average molecular weight is 372 g/mol. The molecule has 8 atom stereocenters. The molecule has 1 heterocycles. The molecule has 5 nitrogen and oxygen atoms in total. The Kier molecular flexibility index (Phi) is 3.29. The van der Waals surface area contributed by atoms with Gasteiger partial charge in [0.15, 0.2) is 11.6 Å². The number of epoxide rings is 1.